The summed E-state index contributed by atoms with van der Waals surface area (Å²) in [6.45, 7) is 1.28. The van der Waals surface area contributed by atoms with Gasteiger partial charge >= 0.3 is 19.4 Å². The number of carbonyl (C=O) groups excluding carboxylic acids is 1. The van der Waals surface area contributed by atoms with E-state index in [9.17, 15) is 28.0 Å². The van der Waals surface area contributed by atoms with Gasteiger partial charge < -0.3 is 25.4 Å². The van der Waals surface area contributed by atoms with E-state index in [1.54, 1.807) is 0 Å². The van der Waals surface area contributed by atoms with E-state index in [1.807, 2.05) is 6.08 Å². The first-order chi connectivity index (χ1) is 25.4. The third-order valence-corrected chi connectivity index (χ3v) is 9.42. The van der Waals surface area contributed by atoms with Crippen molar-refractivity contribution >= 4 is 31.1 Å². The molecule has 1 aromatic carbocycles. The lowest BCUT2D eigenvalue weighted by Crippen LogP contribution is -2.42. The van der Waals surface area contributed by atoms with Crippen molar-refractivity contribution < 1.29 is 37.0 Å². The van der Waals surface area contributed by atoms with Gasteiger partial charge in [-0.25, -0.2) is 14.4 Å². The van der Waals surface area contributed by atoms with Crippen LogP contribution in [-0.2, 0) is 18.6 Å². The van der Waals surface area contributed by atoms with E-state index in [-0.39, 0.29) is 37.0 Å². The molecule has 4 atom stereocenters. The van der Waals surface area contributed by atoms with Crippen LogP contribution in [0.5, 0.6) is 5.75 Å². The third-order valence-electron chi connectivity index (χ3n) is 7.62. The number of nitrogens with two attached hydrogens (primary N) is 1. The maximum absolute atomic E-state index is 15.0. The van der Waals surface area contributed by atoms with Gasteiger partial charge in [0.1, 0.15) is 17.7 Å². The van der Waals surface area contributed by atoms with Gasteiger partial charge in [-0.05, 0) is 75.3 Å². The highest BCUT2D eigenvalue weighted by molar-refractivity contribution is 7.52. The number of carbonyl (C=O) groups is 1. The summed E-state index contributed by atoms with van der Waals surface area (Å²) in [6, 6.07) is 6.93. The summed E-state index contributed by atoms with van der Waals surface area (Å²) in [4.78, 5) is 28.0. The Balaban J connectivity index is 1.40. The number of rotatable bonds is 23. The standard InChI is InChI=1S/C37H49ClF2N5O7P/c1-2-3-4-5-6-7-8-9-10-11-12-13-14-15-16-17-18-19-33(46)42-25-26-43-53(49,52-30-22-20-29(38)21-23-30)50-28-31-34(47)37(39,40)35(51-31)45-27-24-32(41)44-36(45)48/h3-4,6-7,9-10,12-13,15-16,20-24,27,31,34-35,47H,2,5,8,11,14,17-19,25-26,28H2,1H3,(H,42,46)(H,43,49)(H2,41,44,48)/b4-3-,7-6-,10-9-,13-12-,16-15-/t31-,34-,35-,53?/m1/s1. The quantitative estimate of drug-likeness (QED) is 0.0515. The predicted molar refractivity (Wildman–Crippen MR) is 203 cm³/mol. The topological polar surface area (TPSA) is 167 Å². The first kappa shape index (κ1) is 43.5. The number of allylic oxidation sites excluding steroid dienone is 10. The number of benzene rings is 1. The molecule has 1 aliphatic rings. The average molecular weight is 780 g/mol. The number of aliphatic hydroxyl groups is 1. The van der Waals surface area contributed by atoms with E-state index in [1.165, 1.54) is 24.3 Å². The van der Waals surface area contributed by atoms with Crippen molar-refractivity contribution in [2.75, 3.05) is 25.4 Å². The van der Waals surface area contributed by atoms with Crippen LogP contribution < -0.4 is 26.4 Å². The minimum Gasteiger partial charge on any atom is -0.413 e. The van der Waals surface area contributed by atoms with E-state index in [2.05, 4.69) is 77.0 Å². The van der Waals surface area contributed by atoms with Crippen LogP contribution in [-0.4, -0.2) is 58.4 Å². The molecule has 0 spiro atoms. The Kier molecular flexibility index (Phi) is 18.9. The van der Waals surface area contributed by atoms with Gasteiger partial charge in [0.25, 0.3) is 0 Å². The van der Waals surface area contributed by atoms with Crippen molar-refractivity contribution in [1.29, 1.82) is 0 Å². The molecule has 2 heterocycles. The zero-order valence-corrected chi connectivity index (χ0v) is 31.3. The van der Waals surface area contributed by atoms with Gasteiger partial charge in [0.15, 0.2) is 6.10 Å². The molecule has 12 nitrogen and oxygen atoms in total. The Morgan fingerprint density at radius 1 is 1.02 bits per heavy atom. The Hall–Kier alpha value is -3.91. The predicted octanol–water partition coefficient (Wildman–Crippen LogP) is 7.20. The van der Waals surface area contributed by atoms with Crippen molar-refractivity contribution in [3.8, 4) is 5.75 Å². The lowest BCUT2D eigenvalue weighted by atomic mass is 10.1. The average Bonchev–Trinajstić information content (AvgIpc) is 3.35. The molecule has 0 radical (unpaired) electrons. The summed E-state index contributed by atoms with van der Waals surface area (Å²) in [7, 11) is -4.30. The van der Waals surface area contributed by atoms with Gasteiger partial charge in [0.05, 0.1) is 6.61 Å². The second-order valence-electron chi connectivity index (χ2n) is 11.9. The van der Waals surface area contributed by atoms with E-state index in [0.29, 0.717) is 16.0 Å². The van der Waals surface area contributed by atoms with Gasteiger partial charge in [-0.1, -0.05) is 79.3 Å². The normalized spacial score (nSPS) is 20.0. The third kappa shape index (κ3) is 15.5. The SMILES string of the molecule is CC/C=C\C/C=C\C/C=C\C/C=C\C/C=C\CCCC(=O)NCCNP(=O)(OC[C@H]1O[C@@H](n2ccc(N)nc2=O)C(F)(F)[C@@H]1O)Oc1ccc(Cl)cc1. The molecule has 1 aliphatic heterocycles. The van der Waals surface area contributed by atoms with Gasteiger partial charge in [0.2, 0.25) is 12.1 Å². The fourth-order valence-corrected chi connectivity index (χ4v) is 6.32. The summed E-state index contributed by atoms with van der Waals surface area (Å²) in [5.41, 5.74) is 4.33. The Morgan fingerprint density at radius 3 is 2.23 bits per heavy atom. The number of nitrogens with zero attached hydrogens (tertiary/aromatic N) is 2. The smallest absolute Gasteiger partial charge is 0.413 e. The number of nitrogens with one attached hydrogen (secondary N) is 2. The molecule has 290 valence electrons. The second-order valence-corrected chi connectivity index (χ2v) is 14.1. The second kappa shape index (κ2) is 23.0. The first-order valence-corrected chi connectivity index (χ1v) is 19.4. The Morgan fingerprint density at radius 2 is 1.62 bits per heavy atom. The van der Waals surface area contributed by atoms with E-state index < -0.39 is 44.4 Å². The molecule has 1 unspecified atom stereocenters. The van der Waals surface area contributed by atoms with Crippen LogP contribution in [0.3, 0.4) is 0 Å². The largest absolute Gasteiger partial charge is 0.458 e. The number of ether oxygens (including phenoxy) is 1. The molecule has 1 aromatic heterocycles. The van der Waals surface area contributed by atoms with Gasteiger partial charge in [0, 0.05) is 30.7 Å². The molecule has 0 saturated carbocycles. The fraction of sp³-hybridized carbons (Fsp3) is 0.432. The number of anilines is 1. The van der Waals surface area contributed by atoms with Crippen LogP contribution in [0.2, 0.25) is 5.02 Å². The lowest BCUT2D eigenvalue weighted by Gasteiger charge is -2.22. The van der Waals surface area contributed by atoms with Gasteiger partial charge in [-0.2, -0.15) is 13.8 Å². The van der Waals surface area contributed by atoms with E-state index in [0.717, 1.165) is 50.8 Å². The summed E-state index contributed by atoms with van der Waals surface area (Å²) in [5, 5.41) is 16.1. The summed E-state index contributed by atoms with van der Waals surface area (Å²) >= 11 is 5.93. The Labute approximate surface area is 314 Å². The summed E-state index contributed by atoms with van der Waals surface area (Å²) in [6.07, 6.45) is 22.1. The van der Waals surface area contributed by atoms with Gasteiger partial charge in [-0.3, -0.25) is 13.9 Å². The van der Waals surface area contributed by atoms with E-state index in [4.69, 9.17) is 31.1 Å². The maximum Gasteiger partial charge on any atom is 0.458 e. The molecule has 2 aromatic rings. The van der Waals surface area contributed by atoms with Crippen LogP contribution in [0.25, 0.3) is 0 Å². The number of unbranched alkanes of at least 4 members (excludes halogenated alkanes) is 1. The van der Waals surface area contributed by atoms with Gasteiger partial charge in [-0.15, -0.1) is 0 Å². The van der Waals surface area contributed by atoms with E-state index >= 15 is 0 Å². The fourth-order valence-electron chi connectivity index (χ4n) is 4.85. The summed E-state index contributed by atoms with van der Waals surface area (Å²) < 4.78 is 60.5. The van der Waals surface area contributed by atoms with Crippen molar-refractivity contribution in [2.24, 2.45) is 0 Å². The lowest BCUT2D eigenvalue weighted by molar-refractivity contribution is -0.140. The monoisotopic (exact) mass is 779 g/mol. The molecule has 3 rings (SSSR count). The molecular weight excluding hydrogens is 731 g/mol. The summed E-state index contributed by atoms with van der Waals surface area (Å²) in [5.74, 6) is -4.25. The number of aliphatic hydroxyl groups excluding tert-OH is 1. The molecule has 1 saturated heterocycles. The number of hydrogen-bond acceptors (Lipinski definition) is 9. The first-order valence-electron chi connectivity index (χ1n) is 17.5. The molecule has 5 N–H and O–H groups in total. The van der Waals surface area contributed by atoms with Crippen molar-refractivity contribution in [3.63, 3.8) is 0 Å². The minimum atomic E-state index is -4.30. The molecule has 0 bridgehead atoms. The van der Waals surface area contributed by atoms with Crippen LogP contribution in [0, 0.1) is 0 Å². The molecule has 53 heavy (non-hydrogen) atoms. The molecular formula is C37H49ClF2N5O7P. The van der Waals surface area contributed by atoms with Crippen LogP contribution in [0.1, 0.15) is 64.5 Å². The highest BCUT2D eigenvalue weighted by Gasteiger charge is 2.60. The van der Waals surface area contributed by atoms with Crippen molar-refractivity contribution in [1.82, 2.24) is 20.0 Å². The minimum absolute atomic E-state index is 0.0492. The van der Waals surface area contributed by atoms with Crippen LogP contribution >= 0.6 is 19.3 Å². The number of alkyl halides is 2. The number of amides is 1. The zero-order valence-electron chi connectivity index (χ0n) is 29.7. The van der Waals surface area contributed by atoms with Crippen molar-refractivity contribution in [3.05, 3.63) is 113 Å². The molecule has 0 aliphatic carbocycles. The number of nitrogen functional groups attached to an aromatic ring is 1. The maximum atomic E-state index is 15.0. The Bertz CT molecular complexity index is 1680. The number of aromatic nitrogens is 2. The molecule has 16 heteroatoms. The number of hydrogen-bond donors (Lipinski definition) is 4. The van der Waals surface area contributed by atoms with Crippen LogP contribution in [0.4, 0.5) is 14.6 Å². The highest BCUT2D eigenvalue weighted by Crippen LogP contribution is 2.47. The molecule has 1 amide bonds. The highest BCUT2D eigenvalue weighted by atomic mass is 35.5. The van der Waals surface area contributed by atoms with Crippen LogP contribution in [0.15, 0.2) is 102 Å². The molecule has 1 fully saturated rings. The zero-order chi connectivity index (χ0) is 38.5. The van der Waals surface area contributed by atoms with Crippen molar-refractivity contribution in [2.45, 2.75) is 82.6 Å². The number of halogens is 3.